The first-order valence-electron chi connectivity index (χ1n) is 8.79. The molecular weight excluding hydrogens is 332 g/mol. The second-order valence-corrected chi connectivity index (χ2v) is 6.51. The van der Waals surface area contributed by atoms with Crippen LogP contribution < -0.4 is 0 Å². The molecule has 7 nitrogen and oxygen atoms in total. The van der Waals surface area contributed by atoms with Gasteiger partial charge in [-0.15, -0.1) is 0 Å². The quantitative estimate of drug-likeness (QED) is 0.913. The van der Waals surface area contributed by atoms with Gasteiger partial charge in [-0.1, -0.05) is 30.3 Å². The third-order valence-electron chi connectivity index (χ3n) is 4.68. The van der Waals surface area contributed by atoms with Crippen LogP contribution in [0.25, 0.3) is 11.3 Å². The lowest BCUT2D eigenvalue weighted by Crippen LogP contribution is -2.52. The number of aromatic nitrogens is 2. The maximum atomic E-state index is 12.9. The lowest BCUT2D eigenvalue weighted by molar-refractivity contribution is -0.136. The third kappa shape index (κ3) is 3.87. The molecule has 0 spiro atoms. The Labute approximate surface area is 152 Å². The highest BCUT2D eigenvalue weighted by Gasteiger charge is 2.34. The van der Waals surface area contributed by atoms with Crippen LogP contribution >= 0.6 is 0 Å². The molecule has 1 aliphatic heterocycles. The number of aromatic amines is 1. The van der Waals surface area contributed by atoms with E-state index in [4.69, 9.17) is 4.74 Å². The van der Waals surface area contributed by atoms with E-state index in [1.807, 2.05) is 36.4 Å². The van der Waals surface area contributed by atoms with Crippen LogP contribution in [0.1, 0.15) is 25.0 Å². The number of amides is 2. The Bertz CT molecular complexity index is 759. The molecule has 0 radical (unpaired) electrons. The van der Waals surface area contributed by atoms with Gasteiger partial charge in [0.05, 0.1) is 25.0 Å². The Balaban J connectivity index is 1.67. The number of piperidine rings is 1. The van der Waals surface area contributed by atoms with Crippen molar-refractivity contribution >= 4 is 12.0 Å². The number of likely N-dealkylation sites (tertiary alicyclic amines) is 1. The minimum Gasteiger partial charge on any atom is -0.453 e. The normalized spacial score (nSPS) is 17.0. The molecule has 1 aromatic heterocycles. The summed E-state index contributed by atoms with van der Waals surface area (Å²) in [5.74, 6) is -0.0778. The van der Waals surface area contributed by atoms with Crippen molar-refractivity contribution in [2.75, 3.05) is 20.7 Å². The smallest absolute Gasteiger partial charge is 0.410 e. The van der Waals surface area contributed by atoms with E-state index in [9.17, 15) is 9.59 Å². The summed E-state index contributed by atoms with van der Waals surface area (Å²) in [5.41, 5.74) is 2.71. The van der Waals surface area contributed by atoms with Crippen molar-refractivity contribution in [3.63, 3.8) is 0 Å². The molecule has 1 aliphatic rings. The lowest BCUT2D eigenvalue weighted by Gasteiger charge is -2.35. The maximum absolute atomic E-state index is 12.9. The Hall–Kier alpha value is -2.83. The van der Waals surface area contributed by atoms with Crippen LogP contribution in [0, 0.1) is 0 Å². The molecule has 0 bridgehead atoms. The molecule has 2 amide bonds. The van der Waals surface area contributed by atoms with Crippen LogP contribution in [0.5, 0.6) is 0 Å². The van der Waals surface area contributed by atoms with E-state index in [1.54, 1.807) is 11.9 Å². The minimum atomic E-state index is -0.460. The molecule has 2 aromatic rings. The van der Waals surface area contributed by atoms with Crippen molar-refractivity contribution in [2.24, 2.45) is 0 Å². The summed E-state index contributed by atoms with van der Waals surface area (Å²) < 4.78 is 4.82. The van der Waals surface area contributed by atoms with Crippen molar-refractivity contribution < 1.29 is 14.3 Å². The van der Waals surface area contributed by atoms with E-state index in [2.05, 4.69) is 10.2 Å². The lowest BCUT2D eigenvalue weighted by atomic mass is 10.0. The van der Waals surface area contributed by atoms with Gasteiger partial charge >= 0.3 is 6.09 Å². The van der Waals surface area contributed by atoms with Gasteiger partial charge in [-0.25, -0.2) is 4.79 Å². The molecule has 138 valence electrons. The number of methoxy groups -OCH3 is 1. The number of H-pyrrole nitrogens is 1. The zero-order chi connectivity index (χ0) is 18.5. The number of carbonyl (C=O) groups is 2. The molecule has 1 saturated heterocycles. The van der Waals surface area contributed by atoms with Crippen LogP contribution in [-0.2, 0) is 16.1 Å². The van der Waals surface area contributed by atoms with E-state index in [0.29, 0.717) is 19.5 Å². The van der Waals surface area contributed by atoms with E-state index in [-0.39, 0.29) is 5.91 Å². The van der Waals surface area contributed by atoms with E-state index in [0.717, 1.165) is 29.8 Å². The zero-order valence-electron chi connectivity index (χ0n) is 15.1. The SMILES string of the molecule is COC(=O)N1CCCC[C@H]1C(=O)N(C)Cc1cc(-c2ccccc2)n[nH]1. The summed E-state index contributed by atoms with van der Waals surface area (Å²) in [6.45, 7) is 0.962. The van der Waals surface area contributed by atoms with Crippen LogP contribution in [0.3, 0.4) is 0 Å². The molecule has 1 atom stereocenters. The molecule has 1 fully saturated rings. The van der Waals surface area contributed by atoms with Crippen molar-refractivity contribution in [3.8, 4) is 11.3 Å². The second-order valence-electron chi connectivity index (χ2n) is 6.51. The summed E-state index contributed by atoms with van der Waals surface area (Å²) in [6.07, 6.45) is 2.05. The highest BCUT2D eigenvalue weighted by Crippen LogP contribution is 2.21. The molecule has 0 aliphatic carbocycles. The van der Waals surface area contributed by atoms with Crippen molar-refractivity contribution in [1.82, 2.24) is 20.0 Å². The Kier molecular flexibility index (Phi) is 5.55. The van der Waals surface area contributed by atoms with Gasteiger partial charge in [-0.05, 0) is 25.3 Å². The predicted octanol–water partition coefficient (Wildman–Crippen LogP) is 2.66. The van der Waals surface area contributed by atoms with Crippen molar-refractivity contribution in [1.29, 1.82) is 0 Å². The first kappa shape index (κ1) is 18.0. The maximum Gasteiger partial charge on any atom is 0.410 e. The molecular formula is C19H24N4O3. The van der Waals surface area contributed by atoms with Gasteiger partial charge in [-0.2, -0.15) is 5.10 Å². The molecule has 1 aromatic carbocycles. The standard InChI is InChI=1S/C19H24N4O3/c1-22(18(24)17-10-6-7-11-23(17)19(25)26-2)13-15-12-16(21-20-15)14-8-4-3-5-9-14/h3-5,8-9,12,17H,6-7,10-11,13H2,1-2H3,(H,20,21)/t17-/m0/s1. The molecule has 1 N–H and O–H groups in total. The van der Waals surface area contributed by atoms with E-state index < -0.39 is 12.1 Å². The van der Waals surface area contributed by atoms with E-state index in [1.165, 1.54) is 12.0 Å². The number of hydrogen-bond donors (Lipinski definition) is 1. The van der Waals surface area contributed by atoms with Gasteiger partial charge in [0.15, 0.2) is 0 Å². The van der Waals surface area contributed by atoms with Crippen LogP contribution in [0.15, 0.2) is 36.4 Å². The Morgan fingerprint density at radius 2 is 2.08 bits per heavy atom. The predicted molar refractivity (Wildman–Crippen MR) is 97.2 cm³/mol. The minimum absolute atomic E-state index is 0.0778. The number of nitrogens with zero attached hydrogens (tertiary/aromatic N) is 3. The highest BCUT2D eigenvalue weighted by molar-refractivity contribution is 5.85. The number of carbonyl (C=O) groups excluding carboxylic acids is 2. The fourth-order valence-electron chi connectivity index (χ4n) is 3.31. The average Bonchev–Trinajstić information content (AvgIpc) is 3.16. The second kappa shape index (κ2) is 8.03. The molecule has 0 unspecified atom stereocenters. The van der Waals surface area contributed by atoms with E-state index >= 15 is 0 Å². The number of benzene rings is 1. The Morgan fingerprint density at radius 3 is 2.81 bits per heavy atom. The molecule has 26 heavy (non-hydrogen) atoms. The first-order chi connectivity index (χ1) is 12.6. The average molecular weight is 356 g/mol. The molecule has 3 rings (SSSR count). The number of ether oxygens (including phenoxy) is 1. The summed E-state index contributed by atoms with van der Waals surface area (Å²) in [6, 6.07) is 11.3. The number of nitrogens with one attached hydrogen (secondary N) is 1. The Morgan fingerprint density at radius 1 is 1.31 bits per heavy atom. The van der Waals surface area contributed by atoms with Gasteiger partial charge in [0.1, 0.15) is 6.04 Å². The van der Waals surface area contributed by atoms with Crippen molar-refractivity contribution in [2.45, 2.75) is 31.8 Å². The largest absolute Gasteiger partial charge is 0.453 e. The fourth-order valence-corrected chi connectivity index (χ4v) is 3.31. The van der Waals surface area contributed by atoms with Gasteiger partial charge in [-0.3, -0.25) is 14.8 Å². The van der Waals surface area contributed by atoms with Crippen LogP contribution in [0.4, 0.5) is 4.79 Å². The number of likely N-dealkylation sites (N-methyl/N-ethyl adjacent to an activating group) is 1. The number of rotatable bonds is 4. The first-order valence-corrected chi connectivity index (χ1v) is 8.79. The van der Waals surface area contributed by atoms with Crippen molar-refractivity contribution in [3.05, 3.63) is 42.1 Å². The summed E-state index contributed by atoms with van der Waals surface area (Å²) in [4.78, 5) is 28.0. The van der Waals surface area contributed by atoms with Gasteiger partial charge in [0, 0.05) is 19.2 Å². The van der Waals surface area contributed by atoms with Gasteiger partial charge < -0.3 is 9.64 Å². The monoisotopic (exact) mass is 356 g/mol. The highest BCUT2D eigenvalue weighted by atomic mass is 16.5. The van der Waals surface area contributed by atoms with Crippen LogP contribution in [-0.4, -0.2) is 58.7 Å². The number of hydrogen-bond acceptors (Lipinski definition) is 4. The molecule has 7 heteroatoms. The third-order valence-corrected chi connectivity index (χ3v) is 4.68. The van der Waals surface area contributed by atoms with Crippen LogP contribution in [0.2, 0.25) is 0 Å². The zero-order valence-corrected chi connectivity index (χ0v) is 15.1. The van der Waals surface area contributed by atoms with Gasteiger partial charge in [0.2, 0.25) is 5.91 Å². The summed E-state index contributed by atoms with van der Waals surface area (Å²) >= 11 is 0. The topological polar surface area (TPSA) is 78.5 Å². The van der Waals surface area contributed by atoms with Gasteiger partial charge in [0.25, 0.3) is 0 Å². The summed E-state index contributed by atoms with van der Waals surface area (Å²) in [5, 5.41) is 7.31. The molecule has 0 saturated carbocycles. The fraction of sp³-hybridized carbons (Fsp3) is 0.421. The summed E-state index contributed by atoms with van der Waals surface area (Å²) in [7, 11) is 3.09. The molecule has 2 heterocycles.